The average Bonchev–Trinajstić information content (AvgIpc) is 2.56. The van der Waals surface area contributed by atoms with Crippen LogP contribution in [0, 0.1) is 0 Å². The van der Waals surface area contributed by atoms with E-state index < -0.39 is 0 Å². The Labute approximate surface area is 144 Å². The number of thioether (sulfide) groups is 1. The maximum atomic E-state index is 12.3. The van der Waals surface area contributed by atoms with Gasteiger partial charge in [-0.1, -0.05) is 17.7 Å². The first-order chi connectivity index (χ1) is 11.0. The van der Waals surface area contributed by atoms with Gasteiger partial charge in [0.25, 0.3) is 5.91 Å². The number of carbonyl (C=O) groups is 2. The Balaban J connectivity index is 2.00. The third-order valence-electron chi connectivity index (χ3n) is 3.12. The van der Waals surface area contributed by atoms with E-state index in [2.05, 4.69) is 10.6 Å². The van der Waals surface area contributed by atoms with Gasteiger partial charge in [0.2, 0.25) is 5.91 Å². The molecule has 2 rings (SSSR count). The molecule has 2 N–H and O–H groups in total. The van der Waals surface area contributed by atoms with E-state index in [4.69, 9.17) is 11.6 Å². The molecule has 0 radical (unpaired) electrons. The minimum absolute atomic E-state index is 0.126. The van der Waals surface area contributed by atoms with E-state index in [0.29, 0.717) is 16.3 Å². The van der Waals surface area contributed by atoms with Crippen molar-refractivity contribution < 1.29 is 9.59 Å². The highest BCUT2D eigenvalue weighted by atomic mass is 35.5. The molecule has 1 atom stereocenters. The van der Waals surface area contributed by atoms with Crippen LogP contribution in [0.15, 0.2) is 53.4 Å². The molecule has 0 heterocycles. The van der Waals surface area contributed by atoms with Crippen molar-refractivity contribution in [2.45, 2.75) is 17.1 Å². The highest BCUT2D eigenvalue weighted by Gasteiger charge is 2.15. The molecule has 0 bridgehead atoms. The van der Waals surface area contributed by atoms with Crippen LogP contribution in [0.2, 0.25) is 5.02 Å². The monoisotopic (exact) mass is 348 g/mol. The second kappa shape index (κ2) is 8.04. The van der Waals surface area contributed by atoms with Gasteiger partial charge in [0.1, 0.15) is 0 Å². The Bertz CT molecular complexity index is 704. The molecule has 0 aliphatic carbocycles. The molecule has 6 heteroatoms. The van der Waals surface area contributed by atoms with Crippen LogP contribution >= 0.6 is 23.4 Å². The van der Waals surface area contributed by atoms with Gasteiger partial charge in [-0.3, -0.25) is 9.59 Å². The number of hydrogen-bond acceptors (Lipinski definition) is 3. The fourth-order valence-corrected chi connectivity index (χ4v) is 2.89. The van der Waals surface area contributed by atoms with E-state index in [0.717, 1.165) is 4.90 Å². The van der Waals surface area contributed by atoms with Crippen molar-refractivity contribution in [3.63, 3.8) is 0 Å². The lowest BCUT2D eigenvalue weighted by Crippen LogP contribution is -2.23. The first-order valence-corrected chi connectivity index (χ1v) is 8.30. The first-order valence-electron chi connectivity index (χ1n) is 7.05. The Hall–Kier alpha value is -1.98. The molecule has 120 valence electrons. The van der Waals surface area contributed by atoms with Crippen molar-refractivity contribution in [1.82, 2.24) is 5.32 Å². The minimum Gasteiger partial charge on any atom is -0.355 e. The molecular weight excluding hydrogens is 332 g/mol. The van der Waals surface area contributed by atoms with Crippen LogP contribution in [0.4, 0.5) is 5.69 Å². The fraction of sp³-hybridized carbons (Fsp3) is 0.176. The van der Waals surface area contributed by atoms with Gasteiger partial charge < -0.3 is 10.6 Å². The summed E-state index contributed by atoms with van der Waals surface area (Å²) in [5.41, 5.74) is 1.10. The maximum absolute atomic E-state index is 12.3. The normalized spacial score (nSPS) is 11.6. The Morgan fingerprint density at radius 2 is 1.83 bits per heavy atom. The SMILES string of the molecule is CNC(=O)c1cccc(NC(=O)C(C)Sc2ccc(Cl)cc2)c1. The van der Waals surface area contributed by atoms with Crippen molar-refractivity contribution in [1.29, 1.82) is 0 Å². The summed E-state index contributed by atoms with van der Waals surface area (Å²) in [6.45, 7) is 1.83. The van der Waals surface area contributed by atoms with Gasteiger partial charge in [-0.25, -0.2) is 0 Å². The van der Waals surface area contributed by atoms with Crippen LogP contribution in [-0.4, -0.2) is 24.1 Å². The molecule has 0 saturated heterocycles. The van der Waals surface area contributed by atoms with Crippen LogP contribution < -0.4 is 10.6 Å². The number of carbonyl (C=O) groups excluding carboxylic acids is 2. The Morgan fingerprint density at radius 3 is 2.48 bits per heavy atom. The minimum atomic E-state index is -0.278. The quantitative estimate of drug-likeness (QED) is 0.807. The van der Waals surface area contributed by atoms with E-state index >= 15 is 0 Å². The number of hydrogen-bond donors (Lipinski definition) is 2. The van der Waals surface area contributed by atoms with Crippen molar-refractivity contribution in [3.05, 3.63) is 59.1 Å². The predicted octanol–water partition coefficient (Wildman–Crippen LogP) is 3.82. The molecule has 0 aromatic heterocycles. The summed E-state index contributed by atoms with van der Waals surface area (Å²) in [5.74, 6) is -0.316. The summed E-state index contributed by atoms with van der Waals surface area (Å²) >= 11 is 7.29. The van der Waals surface area contributed by atoms with Crippen LogP contribution in [0.25, 0.3) is 0 Å². The number of halogens is 1. The van der Waals surface area contributed by atoms with Crippen LogP contribution in [0.5, 0.6) is 0 Å². The van der Waals surface area contributed by atoms with Gasteiger partial charge in [-0.2, -0.15) is 0 Å². The fourth-order valence-electron chi connectivity index (χ4n) is 1.90. The number of nitrogens with one attached hydrogen (secondary N) is 2. The summed E-state index contributed by atoms with van der Waals surface area (Å²) in [7, 11) is 1.57. The molecule has 23 heavy (non-hydrogen) atoms. The number of rotatable bonds is 5. The lowest BCUT2D eigenvalue weighted by Gasteiger charge is -2.12. The third kappa shape index (κ3) is 5.01. The van der Waals surface area contributed by atoms with E-state index in [1.807, 2.05) is 19.1 Å². The molecule has 0 fully saturated rings. The van der Waals surface area contributed by atoms with Gasteiger partial charge in [0, 0.05) is 28.2 Å². The smallest absolute Gasteiger partial charge is 0.251 e. The standard InChI is InChI=1S/C17H17ClN2O2S/c1-11(23-15-8-6-13(18)7-9-15)16(21)20-14-5-3-4-12(10-14)17(22)19-2/h3-11H,1-2H3,(H,19,22)(H,20,21). The average molecular weight is 349 g/mol. The van der Waals surface area contributed by atoms with Crippen LogP contribution in [0.1, 0.15) is 17.3 Å². The zero-order valence-electron chi connectivity index (χ0n) is 12.8. The predicted molar refractivity (Wildman–Crippen MR) is 95.2 cm³/mol. The van der Waals surface area contributed by atoms with Gasteiger partial charge in [-0.05, 0) is 49.4 Å². The van der Waals surface area contributed by atoms with Crippen molar-refractivity contribution in [2.75, 3.05) is 12.4 Å². The van der Waals surface area contributed by atoms with E-state index in [1.165, 1.54) is 11.8 Å². The van der Waals surface area contributed by atoms with Crippen molar-refractivity contribution in [3.8, 4) is 0 Å². The first kappa shape index (κ1) is 17.4. The molecule has 0 aliphatic rings. The summed E-state index contributed by atoms with van der Waals surface area (Å²) in [5, 5.41) is 5.77. The maximum Gasteiger partial charge on any atom is 0.251 e. The molecular formula is C17H17ClN2O2S. The van der Waals surface area contributed by atoms with Crippen LogP contribution in [-0.2, 0) is 4.79 Å². The lowest BCUT2D eigenvalue weighted by molar-refractivity contribution is -0.115. The molecule has 4 nitrogen and oxygen atoms in total. The van der Waals surface area contributed by atoms with Gasteiger partial charge in [-0.15, -0.1) is 11.8 Å². The zero-order valence-corrected chi connectivity index (χ0v) is 14.4. The summed E-state index contributed by atoms with van der Waals surface area (Å²) < 4.78 is 0. The molecule has 2 aromatic rings. The molecule has 0 spiro atoms. The molecule has 2 aromatic carbocycles. The summed E-state index contributed by atoms with van der Waals surface area (Å²) in [6, 6.07) is 14.2. The molecule has 2 amide bonds. The highest BCUT2D eigenvalue weighted by Crippen LogP contribution is 2.25. The lowest BCUT2D eigenvalue weighted by atomic mass is 10.2. The largest absolute Gasteiger partial charge is 0.355 e. The van der Waals surface area contributed by atoms with E-state index in [9.17, 15) is 9.59 Å². The second-order valence-corrected chi connectivity index (χ2v) is 6.71. The van der Waals surface area contributed by atoms with Gasteiger partial charge in [0.05, 0.1) is 5.25 Å². The summed E-state index contributed by atoms with van der Waals surface area (Å²) in [4.78, 5) is 24.9. The number of anilines is 1. The molecule has 1 unspecified atom stereocenters. The molecule has 0 aliphatic heterocycles. The van der Waals surface area contributed by atoms with Crippen LogP contribution in [0.3, 0.4) is 0 Å². The summed E-state index contributed by atoms with van der Waals surface area (Å²) in [6.07, 6.45) is 0. The highest BCUT2D eigenvalue weighted by molar-refractivity contribution is 8.00. The van der Waals surface area contributed by atoms with Gasteiger partial charge in [0.15, 0.2) is 0 Å². The Kier molecular flexibility index (Phi) is 6.07. The topological polar surface area (TPSA) is 58.2 Å². The molecule has 0 saturated carbocycles. The zero-order chi connectivity index (χ0) is 16.8. The number of benzene rings is 2. The van der Waals surface area contributed by atoms with E-state index in [1.54, 1.807) is 43.4 Å². The Morgan fingerprint density at radius 1 is 1.13 bits per heavy atom. The van der Waals surface area contributed by atoms with Gasteiger partial charge >= 0.3 is 0 Å². The number of amides is 2. The van der Waals surface area contributed by atoms with E-state index in [-0.39, 0.29) is 17.1 Å². The second-order valence-electron chi connectivity index (χ2n) is 4.86. The van der Waals surface area contributed by atoms with Crippen molar-refractivity contribution >= 4 is 40.9 Å². The third-order valence-corrected chi connectivity index (χ3v) is 4.48. The van der Waals surface area contributed by atoms with Crippen molar-refractivity contribution in [2.24, 2.45) is 0 Å².